The first-order chi connectivity index (χ1) is 9.45. The fourth-order valence-corrected chi connectivity index (χ4v) is 1.78. The first-order valence-corrected chi connectivity index (χ1v) is 6.76. The Morgan fingerprint density at radius 2 is 2.05 bits per heavy atom. The number of hydrogen-bond acceptors (Lipinski definition) is 4. The van der Waals surface area contributed by atoms with Crippen LogP contribution in [0.5, 0.6) is 0 Å². The minimum atomic E-state index is -1.46. The van der Waals surface area contributed by atoms with E-state index in [9.17, 15) is 15.0 Å². The summed E-state index contributed by atoms with van der Waals surface area (Å²) >= 11 is 0. The number of ether oxygens (including phenoxy) is 1. The van der Waals surface area contributed by atoms with Crippen LogP contribution in [0.1, 0.15) is 25.8 Å². The van der Waals surface area contributed by atoms with Gasteiger partial charge in [0.2, 0.25) is 0 Å². The second kappa shape index (κ2) is 7.82. The van der Waals surface area contributed by atoms with E-state index in [2.05, 4.69) is 0 Å². The fraction of sp³-hybridized carbons (Fsp3) is 0.438. The van der Waals surface area contributed by atoms with Crippen LogP contribution < -0.4 is 0 Å². The second-order valence-corrected chi connectivity index (χ2v) is 4.85. The molecule has 0 unspecified atom stereocenters. The van der Waals surface area contributed by atoms with Crippen LogP contribution in [0.4, 0.5) is 0 Å². The van der Waals surface area contributed by atoms with E-state index in [0.717, 1.165) is 11.6 Å². The zero-order chi connectivity index (χ0) is 15.0. The van der Waals surface area contributed by atoms with Gasteiger partial charge in [-0.25, -0.2) is 4.79 Å². The van der Waals surface area contributed by atoms with Crippen molar-refractivity contribution >= 4 is 5.97 Å². The van der Waals surface area contributed by atoms with Crippen molar-refractivity contribution in [2.24, 2.45) is 0 Å². The van der Waals surface area contributed by atoms with Crippen molar-refractivity contribution in [3.63, 3.8) is 0 Å². The van der Waals surface area contributed by atoms with Gasteiger partial charge in [0.05, 0.1) is 12.7 Å². The van der Waals surface area contributed by atoms with Gasteiger partial charge in [-0.15, -0.1) is 0 Å². The SMILES string of the molecule is CCOC(=O)/C=C/[C@@](C)(O)[C@H](O)CCc1ccccc1. The molecule has 0 saturated carbocycles. The number of esters is 1. The maximum absolute atomic E-state index is 11.2. The van der Waals surface area contributed by atoms with Gasteiger partial charge in [0.1, 0.15) is 5.60 Å². The number of aryl methyl sites for hydroxylation is 1. The second-order valence-electron chi connectivity index (χ2n) is 4.85. The highest BCUT2D eigenvalue weighted by Crippen LogP contribution is 2.17. The molecule has 4 nitrogen and oxygen atoms in total. The molecule has 0 aliphatic rings. The predicted octanol–water partition coefficient (Wildman–Crippen LogP) is 1.85. The molecular weight excluding hydrogens is 256 g/mol. The van der Waals surface area contributed by atoms with Crippen LogP contribution in [0.15, 0.2) is 42.5 Å². The van der Waals surface area contributed by atoms with E-state index in [1.807, 2.05) is 30.3 Å². The number of aliphatic hydroxyl groups is 2. The Labute approximate surface area is 119 Å². The van der Waals surface area contributed by atoms with Gasteiger partial charge < -0.3 is 14.9 Å². The van der Waals surface area contributed by atoms with E-state index in [1.54, 1.807) is 6.92 Å². The molecule has 2 N–H and O–H groups in total. The molecule has 0 aliphatic carbocycles. The Kier molecular flexibility index (Phi) is 6.42. The average Bonchev–Trinajstić information content (AvgIpc) is 2.44. The first kappa shape index (κ1) is 16.4. The Morgan fingerprint density at radius 3 is 2.65 bits per heavy atom. The van der Waals surface area contributed by atoms with Crippen LogP contribution in [0, 0.1) is 0 Å². The van der Waals surface area contributed by atoms with Crippen molar-refractivity contribution in [2.75, 3.05) is 6.61 Å². The van der Waals surface area contributed by atoms with Crippen molar-refractivity contribution in [1.82, 2.24) is 0 Å². The summed E-state index contributed by atoms with van der Waals surface area (Å²) < 4.78 is 4.73. The molecule has 0 spiro atoms. The maximum Gasteiger partial charge on any atom is 0.330 e. The van der Waals surface area contributed by atoms with E-state index in [0.29, 0.717) is 12.8 Å². The largest absolute Gasteiger partial charge is 0.463 e. The van der Waals surface area contributed by atoms with Gasteiger partial charge in [-0.1, -0.05) is 30.3 Å². The van der Waals surface area contributed by atoms with Gasteiger partial charge in [0.25, 0.3) is 0 Å². The highest BCUT2D eigenvalue weighted by atomic mass is 16.5. The Balaban J connectivity index is 2.51. The highest BCUT2D eigenvalue weighted by molar-refractivity contribution is 5.82. The summed E-state index contributed by atoms with van der Waals surface area (Å²) in [7, 11) is 0. The van der Waals surface area contributed by atoms with Gasteiger partial charge in [0, 0.05) is 6.08 Å². The average molecular weight is 278 g/mol. The quantitative estimate of drug-likeness (QED) is 0.590. The third-order valence-electron chi connectivity index (χ3n) is 3.07. The lowest BCUT2D eigenvalue weighted by molar-refractivity contribution is -0.137. The summed E-state index contributed by atoms with van der Waals surface area (Å²) in [5.41, 5.74) is -0.363. The van der Waals surface area contributed by atoms with Crippen LogP contribution in [-0.2, 0) is 16.0 Å². The Morgan fingerprint density at radius 1 is 1.40 bits per heavy atom. The molecule has 0 fully saturated rings. The minimum Gasteiger partial charge on any atom is -0.463 e. The van der Waals surface area contributed by atoms with E-state index < -0.39 is 17.7 Å². The molecule has 2 atom stereocenters. The van der Waals surface area contributed by atoms with E-state index in [1.165, 1.54) is 13.0 Å². The monoisotopic (exact) mass is 278 g/mol. The smallest absolute Gasteiger partial charge is 0.330 e. The van der Waals surface area contributed by atoms with E-state index in [-0.39, 0.29) is 6.61 Å². The van der Waals surface area contributed by atoms with Gasteiger partial charge >= 0.3 is 5.97 Å². The zero-order valence-corrected chi connectivity index (χ0v) is 12.0. The molecule has 0 heterocycles. The van der Waals surface area contributed by atoms with Gasteiger partial charge in [0.15, 0.2) is 0 Å². The molecule has 0 bridgehead atoms. The predicted molar refractivity (Wildman–Crippen MR) is 77.2 cm³/mol. The number of rotatable bonds is 7. The topological polar surface area (TPSA) is 66.8 Å². The number of carbonyl (C=O) groups is 1. The fourth-order valence-electron chi connectivity index (χ4n) is 1.78. The van der Waals surface area contributed by atoms with Crippen molar-refractivity contribution in [2.45, 2.75) is 38.4 Å². The molecule has 1 rings (SSSR count). The Hall–Kier alpha value is -1.65. The summed E-state index contributed by atoms with van der Waals surface area (Å²) in [6.45, 7) is 3.46. The molecule has 1 aromatic rings. The van der Waals surface area contributed by atoms with Crippen LogP contribution in [0.2, 0.25) is 0 Å². The van der Waals surface area contributed by atoms with Gasteiger partial charge in [-0.3, -0.25) is 0 Å². The van der Waals surface area contributed by atoms with Gasteiger partial charge in [-0.2, -0.15) is 0 Å². The van der Waals surface area contributed by atoms with Crippen molar-refractivity contribution in [1.29, 1.82) is 0 Å². The van der Waals surface area contributed by atoms with Crippen molar-refractivity contribution < 1.29 is 19.7 Å². The number of carbonyl (C=O) groups excluding carboxylic acids is 1. The van der Waals surface area contributed by atoms with Crippen LogP contribution in [0.25, 0.3) is 0 Å². The van der Waals surface area contributed by atoms with Crippen LogP contribution in [-0.4, -0.2) is 34.5 Å². The molecule has 110 valence electrons. The third kappa shape index (κ3) is 5.55. The standard InChI is InChI=1S/C16H22O4/c1-3-20-15(18)11-12-16(2,19)14(17)10-9-13-7-5-4-6-8-13/h4-8,11-12,14,17,19H,3,9-10H2,1-2H3/b12-11+/t14-,16-/m1/s1. The number of benzene rings is 1. The molecule has 0 saturated heterocycles. The Bertz CT molecular complexity index is 437. The molecule has 0 amide bonds. The minimum absolute atomic E-state index is 0.280. The molecule has 20 heavy (non-hydrogen) atoms. The lowest BCUT2D eigenvalue weighted by Gasteiger charge is -2.25. The van der Waals surface area contributed by atoms with Gasteiger partial charge in [-0.05, 0) is 38.3 Å². The lowest BCUT2D eigenvalue weighted by Crippen LogP contribution is -2.37. The van der Waals surface area contributed by atoms with Crippen LogP contribution >= 0.6 is 0 Å². The lowest BCUT2D eigenvalue weighted by atomic mass is 9.93. The zero-order valence-electron chi connectivity index (χ0n) is 12.0. The molecular formula is C16H22O4. The molecule has 4 heteroatoms. The summed E-state index contributed by atoms with van der Waals surface area (Å²) in [4.78, 5) is 11.2. The summed E-state index contributed by atoms with van der Waals surface area (Å²) in [6, 6.07) is 9.73. The molecule has 1 aromatic carbocycles. The number of aliphatic hydroxyl groups excluding tert-OH is 1. The third-order valence-corrected chi connectivity index (χ3v) is 3.07. The normalized spacial score (nSPS) is 15.8. The molecule has 0 aliphatic heterocycles. The van der Waals surface area contributed by atoms with Crippen molar-refractivity contribution in [3.8, 4) is 0 Å². The van der Waals surface area contributed by atoms with Crippen molar-refractivity contribution in [3.05, 3.63) is 48.0 Å². The first-order valence-electron chi connectivity index (χ1n) is 6.76. The van der Waals surface area contributed by atoms with E-state index >= 15 is 0 Å². The maximum atomic E-state index is 11.2. The van der Waals surface area contributed by atoms with Crippen LogP contribution in [0.3, 0.4) is 0 Å². The summed E-state index contributed by atoms with van der Waals surface area (Å²) in [6.07, 6.45) is 2.54. The summed E-state index contributed by atoms with van der Waals surface area (Å²) in [5, 5.41) is 20.2. The highest BCUT2D eigenvalue weighted by Gasteiger charge is 2.27. The molecule has 0 aromatic heterocycles. The molecule has 0 radical (unpaired) electrons. The van der Waals surface area contributed by atoms with E-state index in [4.69, 9.17) is 4.74 Å². The summed E-state index contributed by atoms with van der Waals surface area (Å²) in [5.74, 6) is -0.525. The number of hydrogen-bond donors (Lipinski definition) is 2.